The average molecular weight is 426 g/mol. The van der Waals surface area contributed by atoms with Crippen molar-refractivity contribution >= 4 is 11.1 Å². The third-order valence-electron chi connectivity index (χ3n) is 6.41. The Morgan fingerprint density at radius 2 is 1.35 bits per heavy atom. The van der Waals surface area contributed by atoms with Gasteiger partial charge < -0.3 is 23.7 Å². The Morgan fingerprint density at radius 3 is 1.97 bits per heavy atom. The van der Waals surface area contributed by atoms with E-state index in [1.807, 2.05) is 18.2 Å². The standard InChI is InChI=1S/C25H31NO5/c1-27-21-9-8-16(11-22(21)28-2)19-14-18-7-6-10-26(18)15-20(19)17-12-23(29-3)25(31-5)24(13-17)30-4/h8-9,11-13,18H,6-7,10,14-15H2,1-5H3. The Hall–Kier alpha value is -2.86. The number of benzene rings is 2. The topological polar surface area (TPSA) is 49.4 Å². The Morgan fingerprint density at radius 1 is 0.710 bits per heavy atom. The van der Waals surface area contributed by atoms with Gasteiger partial charge in [0.25, 0.3) is 0 Å². The molecular formula is C25H31NO5. The molecule has 2 heterocycles. The van der Waals surface area contributed by atoms with Crippen LogP contribution in [0.1, 0.15) is 30.4 Å². The summed E-state index contributed by atoms with van der Waals surface area (Å²) in [6.07, 6.45) is 3.48. The molecule has 0 radical (unpaired) electrons. The molecule has 0 aliphatic carbocycles. The molecule has 166 valence electrons. The van der Waals surface area contributed by atoms with Crippen LogP contribution in [0.2, 0.25) is 0 Å². The fraction of sp³-hybridized carbons (Fsp3) is 0.440. The molecule has 2 aliphatic heterocycles. The van der Waals surface area contributed by atoms with Crippen LogP contribution in [-0.4, -0.2) is 59.6 Å². The smallest absolute Gasteiger partial charge is 0.203 e. The number of hydrogen-bond acceptors (Lipinski definition) is 6. The Bertz CT molecular complexity index is 959. The third-order valence-corrected chi connectivity index (χ3v) is 6.41. The van der Waals surface area contributed by atoms with Gasteiger partial charge in [-0.15, -0.1) is 0 Å². The van der Waals surface area contributed by atoms with Crippen LogP contribution in [0.15, 0.2) is 30.3 Å². The molecule has 2 aromatic rings. The largest absolute Gasteiger partial charge is 0.493 e. The minimum Gasteiger partial charge on any atom is -0.493 e. The van der Waals surface area contributed by atoms with E-state index in [4.69, 9.17) is 23.7 Å². The van der Waals surface area contributed by atoms with Crippen molar-refractivity contribution in [2.45, 2.75) is 25.3 Å². The molecular weight excluding hydrogens is 394 g/mol. The highest BCUT2D eigenvalue weighted by Gasteiger charge is 2.33. The molecule has 0 amide bonds. The van der Waals surface area contributed by atoms with Crippen LogP contribution in [0.5, 0.6) is 28.7 Å². The fourth-order valence-corrected chi connectivity index (χ4v) is 4.83. The summed E-state index contributed by atoms with van der Waals surface area (Å²) in [5, 5.41) is 0. The maximum atomic E-state index is 5.63. The second-order valence-electron chi connectivity index (χ2n) is 7.91. The lowest BCUT2D eigenvalue weighted by atomic mass is 9.86. The highest BCUT2D eigenvalue weighted by atomic mass is 16.5. The number of ether oxygens (including phenoxy) is 5. The van der Waals surface area contributed by atoms with Gasteiger partial charge >= 0.3 is 0 Å². The van der Waals surface area contributed by atoms with E-state index in [1.54, 1.807) is 35.5 Å². The number of hydrogen-bond donors (Lipinski definition) is 0. The quantitative estimate of drug-likeness (QED) is 0.651. The van der Waals surface area contributed by atoms with Crippen LogP contribution in [0.4, 0.5) is 0 Å². The highest BCUT2D eigenvalue weighted by molar-refractivity contribution is 5.94. The zero-order valence-electron chi connectivity index (χ0n) is 19.0. The van der Waals surface area contributed by atoms with Crippen LogP contribution in [0, 0.1) is 0 Å². The van der Waals surface area contributed by atoms with Crippen molar-refractivity contribution < 1.29 is 23.7 Å². The number of methoxy groups -OCH3 is 5. The van der Waals surface area contributed by atoms with E-state index in [9.17, 15) is 0 Å². The summed E-state index contributed by atoms with van der Waals surface area (Å²) in [5.74, 6) is 3.42. The average Bonchev–Trinajstić information content (AvgIpc) is 3.29. The summed E-state index contributed by atoms with van der Waals surface area (Å²) in [4.78, 5) is 2.59. The SMILES string of the molecule is COc1ccc(C2=C(c3cc(OC)c(OC)c(OC)c3)CN3CCCC3C2)cc1OC. The summed E-state index contributed by atoms with van der Waals surface area (Å²) >= 11 is 0. The van der Waals surface area contributed by atoms with Crippen LogP contribution < -0.4 is 23.7 Å². The summed E-state index contributed by atoms with van der Waals surface area (Å²) in [7, 11) is 8.28. The fourth-order valence-electron chi connectivity index (χ4n) is 4.83. The van der Waals surface area contributed by atoms with Gasteiger partial charge in [0.1, 0.15) is 0 Å². The second-order valence-corrected chi connectivity index (χ2v) is 7.91. The molecule has 2 aliphatic rings. The molecule has 6 heteroatoms. The molecule has 0 aromatic heterocycles. The zero-order valence-corrected chi connectivity index (χ0v) is 19.0. The van der Waals surface area contributed by atoms with Crippen LogP contribution >= 0.6 is 0 Å². The van der Waals surface area contributed by atoms with Gasteiger partial charge in [-0.05, 0) is 72.3 Å². The summed E-state index contributed by atoms with van der Waals surface area (Å²) in [5.41, 5.74) is 4.86. The van der Waals surface area contributed by atoms with Gasteiger partial charge in [-0.3, -0.25) is 4.90 Å². The van der Waals surface area contributed by atoms with E-state index in [-0.39, 0.29) is 0 Å². The molecule has 1 fully saturated rings. The molecule has 4 rings (SSSR count). The van der Waals surface area contributed by atoms with E-state index in [2.05, 4.69) is 17.0 Å². The zero-order chi connectivity index (χ0) is 22.0. The first-order valence-corrected chi connectivity index (χ1v) is 10.6. The van der Waals surface area contributed by atoms with Gasteiger partial charge in [0.2, 0.25) is 5.75 Å². The van der Waals surface area contributed by atoms with Crippen molar-refractivity contribution in [2.75, 3.05) is 48.6 Å². The number of rotatable bonds is 7. The lowest BCUT2D eigenvalue weighted by Gasteiger charge is -2.34. The first kappa shape index (κ1) is 21.4. The Labute approximate surface area is 184 Å². The summed E-state index contributed by atoms with van der Waals surface area (Å²) in [6, 6.07) is 10.9. The minimum atomic E-state index is 0.578. The molecule has 0 bridgehead atoms. The predicted molar refractivity (Wildman–Crippen MR) is 122 cm³/mol. The van der Waals surface area contributed by atoms with Crippen LogP contribution in [-0.2, 0) is 0 Å². The molecule has 6 nitrogen and oxygen atoms in total. The number of nitrogens with zero attached hydrogens (tertiary/aromatic N) is 1. The third kappa shape index (κ3) is 3.92. The van der Waals surface area contributed by atoms with Gasteiger partial charge in [-0.2, -0.15) is 0 Å². The molecule has 31 heavy (non-hydrogen) atoms. The monoisotopic (exact) mass is 425 g/mol. The van der Waals surface area contributed by atoms with Crippen molar-refractivity contribution in [1.82, 2.24) is 4.90 Å². The Balaban J connectivity index is 1.89. The lowest BCUT2D eigenvalue weighted by Crippen LogP contribution is -2.35. The van der Waals surface area contributed by atoms with Gasteiger partial charge in [-0.1, -0.05) is 6.07 Å². The highest BCUT2D eigenvalue weighted by Crippen LogP contribution is 2.45. The van der Waals surface area contributed by atoms with Crippen LogP contribution in [0.25, 0.3) is 11.1 Å². The number of fused-ring (bicyclic) bond motifs is 1. The van der Waals surface area contributed by atoms with E-state index in [1.165, 1.54) is 24.0 Å². The van der Waals surface area contributed by atoms with Gasteiger partial charge in [0.05, 0.1) is 35.5 Å². The second kappa shape index (κ2) is 9.10. The van der Waals surface area contributed by atoms with Gasteiger partial charge in [-0.25, -0.2) is 0 Å². The molecule has 0 N–H and O–H groups in total. The van der Waals surface area contributed by atoms with Gasteiger partial charge in [0.15, 0.2) is 23.0 Å². The maximum absolute atomic E-state index is 5.63. The van der Waals surface area contributed by atoms with Gasteiger partial charge in [0, 0.05) is 12.6 Å². The molecule has 1 saturated heterocycles. The Kier molecular flexibility index (Phi) is 6.28. The van der Waals surface area contributed by atoms with Crippen molar-refractivity contribution in [1.29, 1.82) is 0 Å². The van der Waals surface area contributed by atoms with E-state index >= 15 is 0 Å². The van der Waals surface area contributed by atoms with Crippen molar-refractivity contribution in [2.24, 2.45) is 0 Å². The predicted octanol–water partition coefficient (Wildman–Crippen LogP) is 4.51. The maximum Gasteiger partial charge on any atom is 0.203 e. The molecule has 0 saturated carbocycles. The molecule has 0 spiro atoms. The molecule has 1 atom stereocenters. The van der Waals surface area contributed by atoms with E-state index in [0.717, 1.165) is 42.1 Å². The van der Waals surface area contributed by atoms with E-state index < -0.39 is 0 Å². The minimum absolute atomic E-state index is 0.578. The lowest BCUT2D eigenvalue weighted by molar-refractivity contribution is 0.280. The normalized spacial score (nSPS) is 18.5. The summed E-state index contributed by atoms with van der Waals surface area (Å²) < 4.78 is 27.8. The van der Waals surface area contributed by atoms with E-state index in [0.29, 0.717) is 23.3 Å². The summed E-state index contributed by atoms with van der Waals surface area (Å²) in [6.45, 7) is 2.03. The van der Waals surface area contributed by atoms with Crippen molar-refractivity contribution in [3.05, 3.63) is 41.5 Å². The van der Waals surface area contributed by atoms with Crippen molar-refractivity contribution in [3.63, 3.8) is 0 Å². The molecule has 1 unspecified atom stereocenters. The van der Waals surface area contributed by atoms with Crippen molar-refractivity contribution in [3.8, 4) is 28.7 Å². The van der Waals surface area contributed by atoms with Crippen LogP contribution in [0.3, 0.4) is 0 Å². The first-order chi connectivity index (χ1) is 15.1. The molecule has 2 aromatic carbocycles. The first-order valence-electron chi connectivity index (χ1n) is 10.6.